The quantitative estimate of drug-likeness (QED) is 0.414. The first-order valence-corrected chi connectivity index (χ1v) is 10.5. The van der Waals surface area contributed by atoms with Crippen LogP contribution in [0.3, 0.4) is 0 Å². The largest absolute Gasteiger partial charge is 0.321 e. The highest BCUT2D eigenvalue weighted by atomic mass is 127. The zero-order valence-electron chi connectivity index (χ0n) is 15.0. The van der Waals surface area contributed by atoms with Gasteiger partial charge < -0.3 is 5.32 Å². The fourth-order valence-corrected chi connectivity index (χ4v) is 4.38. The van der Waals surface area contributed by atoms with Crippen molar-refractivity contribution in [3.05, 3.63) is 90.9 Å². The Hall–Kier alpha value is -2.52. The monoisotopic (exact) mass is 501 g/mol. The van der Waals surface area contributed by atoms with Crippen molar-refractivity contribution in [2.45, 2.75) is 13.5 Å². The van der Waals surface area contributed by atoms with E-state index in [-0.39, 0.29) is 11.5 Å². The predicted molar refractivity (Wildman–Crippen MR) is 121 cm³/mol. The van der Waals surface area contributed by atoms with Gasteiger partial charge >= 0.3 is 0 Å². The Balaban J connectivity index is 1.68. The number of halogens is 1. The minimum Gasteiger partial charge on any atom is -0.321 e. The van der Waals surface area contributed by atoms with Crippen molar-refractivity contribution in [3.8, 4) is 0 Å². The Kier molecular flexibility index (Phi) is 5.27. The SMILES string of the molecule is Cc1c(C(=O)Nc2ccc(I)cc2)sc2ncn(Cc3ccccc3)c(=O)c12. The molecule has 0 unspecified atom stereocenters. The first kappa shape index (κ1) is 18.8. The van der Waals surface area contributed by atoms with Crippen LogP contribution in [0.4, 0.5) is 5.69 Å². The molecular formula is C21H16IN3O2S. The molecule has 0 aliphatic carbocycles. The highest BCUT2D eigenvalue weighted by Gasteiger charge is 2.19. The smallest absolute Gasteiger partial charge is 0.266 e. The van der Waals surface area contributed by atoms with Crippen molar-refractivity contribution in [1.29, 1.82) is 0 Å². The van der Waals surface area contributed by atoms with E-state index in [1.807, 2.05) is 54.6 Å². The van der Waals surface area contributed by atoms with Crippen LogP contribution in [0.25, 0.3) is 10.2 Å². The van der Waals surface area contributed by atoms with Crippen LogP contribution in [0.5, 0.6) is 0 Å². The number of hydrogen-bond acceptors (Lipinski definition) is 4. The van der Waals surface area contributed by atoms with Crippen molar-refractivity contribution in [1.82, 2.24) is 9.55 Å². The minimum absolute atomic E-state index is 0.129. The molecule has 0 saturated heterocycles. The van der Waals surface area contributed by atoms with Gasteiger partial charge in [0.2, 0.25) is 0 Å². The summed E-state index contributed by atoms with van der Waals surface area (Å²) in [7, 11) is 0. The van der Waals surface area contributed by atoms with Crippen molar-refractivity contribution in [2.75, 3.05) is 5.32 Å². The second-order valence-electron chi connectivity index (χ2n) is 6.36. The van der Waals surface area contributed by atoms with Gasteiger partial charge in [-0.15, -0.1) is 11.3 Å². The van der Waals surface area contributed by atoms with Crippen LogP contribution in [0, 0.1) is 10.5 Å². The van der Waals surface area contributed by atoms with Gasteiger partial charge in [-0.3, -0.25) is 14.2 Å². The number of thiophene rings is 1. The number of aryl methyl sites for hydroxylation is 1. The number of carbonyl (C=O) groups excluding carboxylic acids is 1. The average molecular weight is 501 g/mol. The summed E-state index contributed by atoms with van der Waals surface area (Å²) in [5.74, 6) is -0.226. The number of fused-ring (bicyclic) bond motifs is 1. The molecule has 140 valence electrons. The lowest BCUT2D eigenvalue weighted by molar-refractivity contribution is 0.103. The van der Waals surface area contributed by atoms with Gasteiger partial charge in [0.15, 0.2) is 0 Å². The first-order chi connectivity index (χ1) is 13.5. The number of carbonyl (C=O) groups is 1. The van der Waals surface area contributed by atoms with Crippen LogP contribution in [0.1, 0.15) is 20.8 Å². The Bertz CT molecular complexity index is 1210. The molecule has 0 radical (unpaired) electrons. The van der Waals surface area contributed by atoms with Crippen molar-refractivity contribution < 1.29 is 4.79 Å². The summed E-state index contributed by atoms with van der Waals surface area (Å²) >= 11 is 3.46. The van der Waals surface area contributed by atoms with E-state index >= 15 is 0 Å². The third-order valence-corrected chi connectivity index (χ3v) is 6.34. The fourth-order valence-electron chi connectivity index (χ4n) is 2.99. The number of rotatable bonds is 4. The van der Waals surface area contributed by atoms with Crippen molar-refractivity contribution in [3.63, 3.8) is 0 Å². The number of aromatic nitrogens is 2. The number of benzene rings is 2. The average Bonchev–Trinajstić information content (AvgIpc) is 3.04. The van der Waals surface area contributed by atoms with Gasteiger partial charge in [-0.25, -0.2) is 4.98 Å². The minimum atomic E-state index is -0.226. The molecule has 2 aromatic heterocycles. The van der Waals surface area contributed by atoms with Crippen molar-refractivity contribution in [2.24, 2.45) is 0 Å². The van der Waals surface area contributed by atoms with Crippen LogP contribution in [0.2, 0.25) is 0 Å². The Labute approximate surface area is 179 Å². The second-order valence-corrected chi connectivity index (χ2v) is 8.61. The van der Waals surface area contributed by atoms with Gasteiger partial charge in [-0.05, 0) is 64.9 Å². The van der Waals surface area contributed by atoms with Crippen LogP contribution < -0.4 is 10.9 Å². The highest BCUT2D eigenvalue weighted by Crippen LogP contribution is 2.27. The highest BCUT2D eigenvalue weighted by molar-refractivity contribution is 14.1. The van der Waals surface area contributed by atoms with Gasteiger partial charge in [0, 0.05) is 9.26 Å². The maximum atomic E-state index is 13.0. The number of anilines is 1. The number of amides is 1. The molecule has 0 aliphatic heterocycles. The topological polar surface area (TPSA) is 64.0 Å². The summed E-state index contributed by atoms with van der Waals surface area (Å²) in [6, 6.07) is 17.3. The summed E-state index contributed by atoms with van der Waals surface area (Å²) in [5, 5.41) is 3.40. The molecule has 4 rings (SSSR count). The molecule has 0 bridgehead atoms. The Morgan fingerprint density at radius 2 is 1.86 bits per heavy atom. The van der Waals surface area contributed by atoms with Crippen LogP contribution in [-0.4, -0.2) is 15.5 Å². The summed E-state index contributed by atoms with van der Waals surface area (Å²) in [4.78, 5) is 31.2. The van der Waals surface area contributed by atoms with Gasteiger partial charge in [-0.2, -0.15) is 0 Å². The first-order valence-electron chi connectivity index (χ1n) is 8.62. The standard InChI is InChI=1S/C21H16IN3O2S/c1-13-17-20(23-12-25(21(17)27)11-14-5-3-2-4-6-14)28-18(13)19(26)24-16-9-7-15(22)8-10-16/h2-10,12H,11H2,1H3,(H,24,26). The fraction of sp³-hybridized carbons (Fsp3) is 0.0952. The maximum absolute atomic E-state index is 13.0. The lowest BCUT2D eigenvalue weighted by Gasteiger charge is -2.06. The molecule has 0 spiro atoms. The van der Waals surface area contributed by atoms with E-state index in [0.29, 0.717) is 27.2 Å². The normalized spacial score (nSPS) is 10.9. The maximum Gasteiger partial charge on any atom is 0.266 e. The van der Waals surface area contributed by atoms with Crippen LogP contribution >= 0.6 is 33.9 Å². The molecule has 0 fully saturated rings. The van der Waals surface area contributed by atoms with E-state index in [1.165, 1.54) is 11.3 Å². The summed E-state index contributed by atoms with van der Waals surface area (Å²) in [6.07, 6.45) is 1.55. The van der Waals surface area contributed by atoms with Gasteiger partial charge in [0.25, 0.3) is 11.5 Å². The van der Waals surface area contributed by atoms with E-state index < -0.39 is 0 Å². The molecular weight excluding hydrogens is 485 g/mol. The molecule has 4 aromatic rings. The third kappa shape index (κ3) is 3.72. The molecule has 2 heterocycles. The Morgan fingerprint density at radius 1 is 1.14 bits per heavy atom. The van der Waals surface area contributed by atoms with Crippen molar-refractivity contribution >= 4 is 55.7 Å². The van der Waals surface area contributed by atoms with E-state index in [0.717, 1.165) is 14.8 Å². The van der Waals surface area contributed by atoms with E-state index in [1.54, 1.807) is 17.8 Å². The van der Waals surface area contributed by atoms with Gasteiger partial charge in [-0.1, -0.05) is 30.3 Å². The lowest BCUT2D eigenvalue weighted by Crippen LogP contribution is -2.21. The molecule has 1 amide bonds. The molecule has 2 aromatic carbocycles. The van der Waals surface area contributed by atoms with E-state index in [9.17, 15) is 9.59 Å². The van der Waals surface area contributed by atoms with Crippen LogP contribution in [-0.2, 0) is 6.54 Å². The Morgan fingerprint density at radius 3 is 2.57 bits per heavy atom. The molecule has 7 heteroatoms. The number of hydrogen-bond donors (Lipinski definition) is 1. The molecule has 28 heavy (non-hydrogen) atoms. The predicted octanol–water partition coefficient (Wildman–Crippen LogP) is 4.67. The zero-order chi connectivity index (χ0) is 19.7. The molecule has 1 N–H and O–H groups in total. The second kappa shape index (κ2) is 7.84. The molecule has 0 aliphatic rings. The number of nitrogens with zero attached hydrogens (tertiary/aromatic N) is 2. The molecule has 0 saturated carbocycles. The van der Waals surface area contributed by atoms with Gasteiger partial charge in [0.1, 0.15) is 4.83 Å². The van der Waals surface area contributed by atoms with Gasteiger partial charge in [0.05, 0.1) is 23.1 Å². The zero-order valence-corrected chi connectivity index (χ0v) is 18.0. The van der Waals surface area contributed by atoms with E-state index in [4.69, 9.17) is 0 Å². The van der Waals surface area contributed by atoms with E-state index in [2.05, 4.69) is 32.9 Å². The molecule has 5 nitrogen and oxygen atoms in total. The molecule has 0 atom stereocenters. The third-order valence-electron chi connectivity index (χ3n) is 4.42. The summed E-state index contributed by atoms with van der Waals surface area (Å²) in [6.45, 7) is 2.25. The summed E-state index contributed by atoms with van der Waals surface area (Å²) < 4.78 is 2.68. The summed E-state index contributed by atoms with van der Waals surface area (Å²) in [5.41, 5.74) is 2.28. The number of nitrogens with one attached hydrogen (secondary N) is 1. The van der Waals surface area contributed by atoms with Crippen LogP contribution in [0.15, 0.2) is 65.7 Å². The lowest BCUT2D eigenvalue weighted by atomic mass is 10.2.